The fourth-order valence-electron chi connectivity index (χ4n) is 2.29. The molecule has 0 aromatic heterocycles. The van der Waals surface area contributed by atoms with Crippen molar-refractivity contribution in [2.75, 3.05) is 6.61 Å². The van der Waals surface area contributed by atoms with Crippen molar-refractivity contribution in [2.45, 2.75) is 26.8 Å². The van der Waals surface area contributed by atoms with Gasteiger partial charge in [0.25, 0.3) is 5.91 Å². The predicted molar refractivity (Wildman–Crippen MR) is 89.4 cm³/mol. The highest BCUT2D eigenvalue weighted by atomic mass is 35.5. The summed E-state index contributed by atoms with van der Waals surface area (Å²) in [7, 11) is 0. The second kappa shape index (κ2) is 7.32. The molecule has 22 heavy (non-hydrogen) atoms. The van der Waals surface area contributed by atoms with E-state index >= 15 is 0 Å². The summed E-state index contributed by atoms with van der Waals surface area (Å²) in [6.07, 6.45) is 0. The summed E-state index contributed by atoms with van der Waals surface area (Å²) < 4.78 is 5.44. The number of benzene rings is 2. The Morgan fingerprint density at radius 2 is 2.00 bits per heavy atom. The van der Waals surface area contributed by atoms with Gasteiger partial charge in [-0.15, -0.1) is 0 Å². The highest BCUT2D eigenvalue weighted by molar-refractivity contribution is 6.30. The molecule has 3 nitrogen and oxygen atoms in total. The van der Waals surface area contributed by atoms with Gasteiger partial charge < -0.3 is 10.1 Å². The fourth-order valence-corrected chi connectivity index (χ4v) is 2.47. The number of halogens is 1. The molecule has 2 aromatic rings. The van der Waals surface area contributed by atoms with Crippen LogP contribution in [-0.4, -0.2) is 12.5 Å². The van der Waals surface area contributed by atoms with Gasteiger partial charge in [0.1, 0.15) is 5.75 Å². The molecule has 1 N–H and O–H groups in total. The maximum absolute atomic E-state index is 12.0. The largest absolute Gasteiger partial charge is 0.484 e. The van der Waals surface area contributed by atoms with Gasteiger partial charge in [-0.3, -0.25) is 4.79 Å². The van der Waals surface area contributed by atoms with E-state index in [9.17, 15) is 4.79 Å². The van der Waals surface area contributed by atoms with Crippen molar-refractivity contribution < 1.29 is 9.53 Å². The molecule has 0 fully saturated rings. The first-order valence-corrected chi connectivity index (χ1v) is 7.58. The van der Waals surface area contributed by atoms with Crippen LogP contribution in [0.2, 0.25) is 5.02 Å². The summed E-state index contributed by atoms with van der Waals surface area (Å²) in [5.74, 6) is 0.426. The smallest absolute Gasteiger partial charge is 0.258 e. The van der Waals surface area contributed by atoms with Gasteiger partial charge >= 0.3 is 0 Å². The number of aryl methyl sites for hydroxylation is 2. The van der Waals surface area contributed by atoms with Gasteiger partial charge in [0.2, 0.25) is 0 Å². The van der Waals surface area contributed by atoms with E-state index in [2.05, 4.69) is 23.5 Å². The Morgan fingerprint density at radius 1 is 1.23 bits per heavy atom. The van der Waals surface area contributed by atoms with Crippen molar-refractivity contribution in [3.8, 4) is 5.75 Å². The second-order valence-corrected chi connectivity index (χ2v) is 5.83. The number of nitrogens with one attached hydrogen (secondary N) is 1. The summed E-state index contributed by atoms with van der Waals surface area (Å²) in [4.78, 5) is 12.0. The third-order valence-electron chi connectivity index (χ3n) is 3.44. The maximum atomic E-state index is 12.0. The zero-order chi connectivity index (χ0) is 16.1. The molecule has 0 aliphatic carbocycles. The molecule has 1 amide bonds. The van der Waals surface area contributed by atoms with E-state index in [0.717, 1.165) is 11.1 Å². The number of ether oxygens (including phenoxy) is 1. The van der Waals surface area contributed by atoms with Crippen LogP contribution in [0.15, 0.2) is 42.5 Å². The summed E-state index contributed by atoms with van der Waals surface area (Å²) in [6.45, 7) is 6.02. The van der Waals surface area contributed by atoms with Crippen molar-refractivity contribution in [1.29, 1.82) is 0 Å². The van der Waals surface area contributed by atoms with Crippen LogP contribution in [0.5, 0.6) is 5.75 Å². The highest BCUT2D eigenvalue weighted by Gasteiger charge is 2.12. The van der Waals surface area contributed by atoms with Gasteiger partial charge in [-0.25, -0.2) is 0 Å². The Kier molecular flexibility index (Phi) is 5.45. The third-order valence-corrected chi connectivity index (χ3v) is 3.68. The summed E-state index contributed by atoms with van der Waals surface area (Å²) in [6, 6.07) is 13.2. The van der Waals surface area contributed by atoms with Crippen LogP contribution in [0.3, 0.4) is 0 Å². The Morgan fingerprint density at radius 3 is 2.73 bits per heavy atom. The van der Waals surface area contributed by atoms with Gasteiger partial charge in [0.05, 0.1) is 6.04 Å². The van der Waals surface area contributed by atoms with Gasteiger partial charge in [0, 0.05) is 5.02 Å². The van der Waals surface area contributed by atoms with Crippen molar-refractivity contribution in [2.24, 2.45) is 0 Å². The highest BCUT2D eigenvalue weighted by Crippen LogP contribution is 2.19. The zero-order valence-corrected chi connectivity index (χ0v) is 13.8. The standard InChI is InChI=1S/C18H20ClNO2/c1-12-7-8-13(2)17(9-12)14(3)20-18(21)11-22-16-6-4-5-15(19)10-16/h4-10,14H,11H2,1-3H3,(H,20,21)/t14-/m1/s1. The Labute approximate surface area is 136 Å². The minimum Gasteiger partial charge on any atom is -0.484 e. The summed E-state index contributed by atoms with van der Waals surface area (Å²) >= 11 is 5.88. The Bertz CT molecular complexity index is 670. The van der Waals surface area contributed by atoms with E-state index in [1.54, 1.807) is 24.3 Å². The lowest BCUT2D eigenvalue weighted by Gasteiger charge is -2.17. The number of hydrogen-bond acceptors (Lipinski definition) is 2. The van der Waals surface area contributed by atoms with Crippen molar-refractivity contribution in [3.63, 3.8) is 0 Å². The molecule has 0 radical (unpaired) electrons. The molecule has 0 saturated heterocycles. The van der Waals surface area contributed by atoms with Crippen LogP contribution in [0.1, 0.15) is 29.7 Å². The van der Waals surface area contributed by atoms with E-state index in [4.69, 9.17) is 16.3 Å². The SMILES string of the molecule is Cc1ccc(C)c([C@@H](C)NC(=O)COc2cccc(Cl)c2)c1. The molecule has 0 saturated carbocycles. The molecule has 1 atom stereocenters. The average Bonchev–Trinajstić information content (AvgIpc) is 2.47. The summed E-state index contributed by atoms with van der Waals surface area (Å²) in [5, 5.41) is 3.54. The lowest BCUT2D eigenvalue weighted by molar-refractivity contribution is -0.123. The molecule has 0 aliphatic rings. The Hall–Kier alpha value is -2.00. The topological polar surface area (TPSA) is 38.3 Å². The van der Waals surface area contributed by atoms with Gasteiger partial charge in [-0.1, -0.05) is 41.4 Å². The normalized spacial score (nSPS) is 11.8. The van der Waals surface area contributed by atoms with Crippen molar-refractivity contribution in [3.05, 3.63) is 64.2 Å². The molecule has 0 bridgehead atoms. The third kappa shape index (κ3) is 4.50. The molecule has 0 spiro atoms. The predicted octanol–water partition coefficient (Wildman–Crippen LogP) is 4.21. The average molecular weight is 318 g/mol. The number of amides is 1. The van der Waals surface area contributed by atoms with Crippen LogP contribution in [0, 0.1) is 13.8 Å². The minimum atomic E-state index is -0.159. The summed E-state index contributed by atoms with van der Waals surface area (Å²) in [5.41, 5.74) is 3.46. The molecule has 4 heteroatoms. The van der Waals surface area contributed by atoms with E-state index in [0.29, 0.717) is 10.8 Å². The van der Waals surface area contributed by atoms with Gasteiger partial charge in [-0.05, 0) is 50.1 Å². The number of carbonyl (C=O) groups excluding carboxylic acids is 1. The van der Waals surface area contributed by atoms with E-state index < -0.39 is 0 Å². The van der Waals surface area contributed by atoms with Gasteiger partial charge in [0.15, 0.2) is 6.61 Å². The molecule has 2 aromatic carbocycles. The van der Waals surface area contributed by atoms with Crippen LogP contribution in [0.25, 0.3) is 0 Å². The molecular weight excluding hydrogens is 298 g/mol. The van der Waals surface area contributed by atoms with E-state index in [1.807, 2.05) is 20.8 Å². The molecule has 0 unspecified atom stereocenters. The molecule has 0 heterocycles. The first-order chi connectivity index (χ1) is 10.5. The van der Waals surface area contributed by atoms with E-state index in [1.165, 1.54) is 5.56 Å². The van der Waals surface area contributed by atoms with Crippen molar-refractivity contribution >= 4 is 17.5 Å². The Balaban J connectivity index is 1.92. The molecular formula is C18H20ClNO2. The fraction of sp³-hybridized carbons (Fsp3) is 0.278. The first-order valence-electron chi connectivity index (χ1n) is 7.20. The van der Waals surface area contributed by atoms with Gasteiger partial charge in [-0.2, -0.15) is 0 Å². The quantitative estimate of drug-likeness (QED) is 0.897. The maximum Gasteiger partial charge on any atom is 0.258 e. The number of hydrogen-bond donors (Lipinski definition) is 1. The minimum absolute atomic E-state index is 0.0322. The van der Waals surface area contributed by atoms with E-state index in [-0.39, 0.29) is 18.6 Å². The monoisotopic (exact) mass is 317 g/mol. The number of rotatable bonds is 5. The first kappa shape index (κ1) is 16.4. The van der Waals surface area contributed by atoms with Crippen LogP contribution < -0.4 is 10.1 Å². The van der Waals surface area contributed by atoms with Crippen LogP contribution >= 0.6 is 11.6 Å². The second-order valence-electron chi connectivity index (χ2n) is 5.40. The van der Waals surface area contributed by atoms with Crippen molar-refractivity contribution in [1.82, 2.24) is 5.32 Å². The lowest BCUT2D eigenvalue weighted by Crippen LogP contribution is -2.31. The number of carbonyl (C=O) groups is 1. The zero-order valence-electron chi connectivity index (χ0n) is 13.0. The molecule has 0 aliphatic heterocycles. The molecule has 2 rings (SSSR count). The lowest BCUT2D eigenvalue weighted by atomic mass is 10.00. The van der Waals surface area contributed by atoms with Crippen LogP contribution in [-0.2, 0) is 4.79 Å². The van der Waals surface area contributed by atoms with Crippen LogP contribution in [0.4, 0.5) is 0 Å². The molecule has 116 valence electrons.